The molecule has 2 aromatic heterocycles. The summed E-state index contributed by atoms with van der Waals surface area (Å²) in [5.74, 6) is 1.54. The second-order valence-electron chi connectivity index (χ2n) is 4.39. The van der Waals surface area contributed by atoms with Gasteiger partial charge in [0.25, 0.3) is 0 Å². The van der Waals surface area contributed by atoms with Gasteiger partial charge in [-0.2, -0.15) is 4.52 Å². The number of piperidine rings is 1. The number of hydrogen-bond donors (Lipinski definition) is 0. The molecule has 0 saturated carbocycles. The first-order chi connectivity index (χ1) is 8.24. The Hall–Kier alpha value is -1.72. The van der Waals surface area contributed by atoms with Crippen molar-refractivity contribution in [3.63, 3.8) is 0 Å². The number of rotatable bonds is 1. The van der Waals surface area contributed by atoms with Crippen LogP contribution in [0.25, 0.3) is 5.65 Å². The third kappa shape index (κ3) is 1.83. The third-order valence-electron chi connectivity index (χ3n) is 3.09. The first-order valence-corrected chi connectivity index (χ1v) is 5.82. The van der Waals surface area contributed by atoms with Gasteiger partial charge < -0.3 is 4.90 Å². The fourth-order valence-corrected chi connectivity index (χ4v) is 2.19. The molecule has 2 aromatic rings. The van der Waals surface area contributed by atoms with Crippen molar-refractivity contribution < 1.29 is 4.39 Å². The van der Waals surface area contributed by atoms with Crippen molar-refractivity contribution in [3.8, 4) is 0 Å². The lowest BCUT2D eigenvalue weighted by molar-refractivity contribution is 0.286. The molecule has 0 N–H and O–H groups in total. The minimum absolute atomic E-state index is 0.430. The number of halogens is 1. The monoisotopic (exact) mass is 235 g/mol. The fourth-order valence-electron chi connectivity index (χ4n) is 2.19. The first kappa shape index (κ1) is 10.4. The Bertz CT molecular complexity index is 538. The zero-order valence-corrected chi connectivity index (χ0v) is 9.67. The zero-order chi connectivity index (χ0) is 11.8. The lowest BCUT2D eigenvalue weighted by Gasteiger charge is -2.29. The molecule has 3 heterocycles. The van der Waals surface area contributed by atoms with Crippen molar-refractivity contribution in [1.82, 2.24) is 19.8 Å². The maximum atomic E-state index is 13.4. The van der Waals surface area contributed by atoms with Crippen LogP contribution in [0.4, 0.5) is 10.2 Å². The van der Waals surface area contributed by atoms with E-state index in [1.807, 2.05) is 24.0 Å². The minimum atomic E-state index is -0.747. The van der Waals surface area contributed by atoms with Crippen molar-refractivity contribution >= 4 is 11.5 Å². The van der Waals surface area contributed by atoms with Crippen molar-refractivity contribution in [1.29, 1.82) is 0 Å². The molecule has 90 valence electrons. The summed E-state index contributed by atoms with van der Waals surface area (Å²) >= 11 is 0. The Morgan fingerprint density at radius 1 is 1.35 bits per heavy atom. The van der Waals surface area contributed by atoms with Gasteiger partial charge in [-0.1, -0.05) is 0 Å². The smallest absolute Gasteiger partial charge is 0.178 e. The molecule has 0 aromatic carbocycles. The van der Waals surface area contributed by atoms with E-state index < -0.39 is 6.17 Å². The summed E-state index contributed by atoms with van der Waals surface area (Å²) in [6, 6.07) is 3.74. The topological polar surface area (TPSA) is 46.3 Å². The van der Waals surface area contributed by atoms with Crippen LogP contribution >= 0.6 is 0 Å². The van der Waals surface area contributed by atoms with Crippen molar-refractivity contribution in [2.24, 2.45) is 0 Å². The molecule has 0 amide bonds. The lowest BCUT2D eigenvalue weighted by Crippen LogP contribution is -2.37. The highest BCUT2D eigenvalue weighted by atomic mass is 19.1. The van der Waals surface area contributed by atoms with Crippen molar-refractivity contribution in [2.45, 2.75) is 25.9 Å². The van der Waals surface area contributed by atoms with Crippen LogP contribution in [0, 0.1) is 6.92 Å². The minimum Gasteiger partial charge on any atom is -0.352 e. The molecule has 0 radical (unpaired) electrons. The van der Waals surface area contributed by atoms with Gasteiger partial charge in [-0.25, -0.2) is 4.39 Å². The lowest BCUT2D eigenvalue weighted by atomic mass is 10.1. The maximum Gasteiger partial charge on any atom is 0.178 e. The van der Waals surface area contributed by atoms with Crippen LogP contribution in [0.3, 0.4) is 0 Å². The Balaban J connectivity index is 1.96. The molecule has 0 spiro atoms. The Morgan fingerprint density at radius 3 is 3.06 bits per heavy atom. The van der Waals surface area contributed by atoms with Crippen LogP contribution < -0.4 is 4.90 Å². The van der Waals surface area contributed by atoms with Crippen LogP contribution in [0.2, 0.25) is 0 Å². The molecule has 1 aliphatic heterocycles. The Morgan fingerprint density at radius 2 is 2.24 bits per heavy atom. The summed E-state index contributed by atoms with van der Waals surface area (Å²) in [7, 11) is 0. The number of hydrogen-bond acceptors (Lipinski definition) is 4. The van der Waals surface area contributed by atoms with Crippen LogP contribution in [0.5, 0.6) is 0 Å². The molecule has 6 heteroatoms. The van der Waals surface area contributed by atoms with Gasteiger partial charge in [0.15, 0.2) is 11.5 Å². The van der Waals surface area contributed by atoms with Crippen molar-refractivity contribution in [3.05, 3.63) is 18.0 Å². The van der Waals surface area contributed by atoms with E-state index in [-0.39, 0.29) is 0 Å². The second kappa shape index (κ2) is 3.94. The standard InChI is InChI=1S/C11H14FN5/c1-8-13-14-10-4-5-11(15-17(8)10)16-6-2-3-9(12)7-16/h4-5,9H,2-3,6-7H2,1H3. The summed E-state index contributed by atoms with van der Waals surface area (Å²) in [4.78, 5) is 1.98. The van der Waals surface area contributed by atoms with Gasteiger partial charge in [0.1, 0.15) is 12.0 Å². The molecule has 3 rings (SSSR count). The Kier molecular flexibility index (Phi) is 2.42. The Labute approximate surface area is 98.3 Å². The highest BCUT2D eigenvalue weighted by Crippen LogP contribution is 2.19. The predicted octanol–water partition coefficient (Wildman–Crippen LogP) is 1.37. The summed E-state index contributed by atoms with van der Waals surface area (Å²) in [5, 5.41) is 12.4. The highest BCUT2D eigenvalue weighted by Gasteiger charge is 2.20. The van der Waals surface area contributed by atoms with E-state index in [2.05, 4.69) is 15.3 Å². The predicted molar refractivity (Wildman–Crippen MR) is 61.9 cm³/mol. The number of aryl methyl sites for hydroxylation is 1. The van der Waals surface area contributed by atoms with Gasteiger partial charge in [-0.3, -0.25) is 0 Å². The molecule has 1 fully saturated rings. The summed E-state index contributed by atoms with van der Waals surface area (Å²) in [5.41, 5.74) is 0.722. The second-order valence-corrected chi connectivity index (χ2v) is 4.39. The number of aromatic nitrogens is 4. The average Bonchev–Trinajstić information content (AvgIpc) is 2.71. The summed E-state index contributed by atoms with van der Waals surface area (Å²) in [6.07, 6.45) is 0.787. The van der Waals surface area contributed by atoms with Gasteiger partial charge in [0.05, 0.1) is 6.54 Å². The van der Waals surface area contributed by atoms with Gasteiger partial charge >= 0.3 is 0 Å². The molecule has 1 aliphatic rings. The van der Waals surface area contributed by atoms with Gasteiger partial charge in [0, 0.05) is 6.54 Å². The quantitative estimate of drug-likeness (QED) is 0.749. The van der Waals surface area contributed by atoms with E-state index in [9.17, 15) is 4.39 Å². The molecule has 0 aliphatic carbocycles. The normalized spacial score (nSPS) is 21.1. The molecule has 0 bridgehead atoms. The van der Waals surface area contributed by atoms with E-state index in [4.69, 9.17) is 0 Å². The molecular formula is C11H14FN5. The van der Waals surface area contributed by atoms with E-state index in [1.165, 1.54) is 0 Å². The highest BCUT2D eigenvalue weighted by molar-refractivity contribution is 5.46. The van der Waals surface area contributed by atoms with Gasteiger partial charge in [-0.05, 0) is 31.9 Å². The molecule has 1 saturated heterocycles. The van der Waals surface area contributed by atoms with Crippen LogP contribution in [0.1, 0.15) is 18.7 Å². The van der Waals surface area contributed by atoms with Crippen LogP contribution in [-0.2, 0) is 0 Å². The molecular weight excluding hydrogens is 221 g/mol. The molecule has 17 heavy (non-hydrogen) atoms. The van der Waals surface area contributed by atoms with Crippen LogP contribution in [0.15, 0.2) is 12.1 Å². The van der Waals surface area contributed by atoms with Crippen molar-refractivity contribution in [2.75, 3.05) is 18.0 Å². The van der Waals surface area contributed by atoms with Gasteiger partial charge in [0.2, 0.25) is 0 Å². The maximum absolute atomic E-state index is 13.4. The summed E-state index contributed by atoms with van der Waals surface area (Å²) < 4.78 is 15.0. The number of fused-ring (bicyclic) bond motifs is 1. The van der Waals surface area contributed by atoms with E-state index in [0.29, 0.717) is 13.0 Å². The van der Waals surface area contributed by atoms with E-state index >= 15 is 0 Å². The van der Waals surface area contributed by atoms with Gasteiger partial charge in [-0.15, -0.1) is 15.3 Å². The number of nitrogens with zero attached hydrogens (tertiary/aromatic N) is 5. The van der Waals surface area contributed by atoms with E-state index in [1.54, 1.807) is 4.52 Å². The SMILES string of the molecule is Cc1nnc2ccc(N3CCCC(F)C3)nn12. The number of anilines is 1. The largest absolute Gasteiger partial charge is 0.352 e. The molecule has 1 atom stereocenters. The average molecular weight is 235 g/mol. The molecule has 5 nitrogen and oxygen atoms in total. The van der Waals surface area contributed by atoms with Crippen LogP contribution in [-0.4, -0.2) is 39.1 Å². The molecule has 1 unspecified atom stereocenters. The fraction of sp³-hybridized carbons (Fsp3) is 0.545. The van der Waals surface area contributed by atoms with E-state index in [0.717, 1.165) is 30.3 Å². The number of alkyl halides is 1. The first-order valence-electron chi connectivity index (χ1n) is 5.82. The summed E-state index contributed by atoms with van der Waals surface area (Å²) in [6.45, 7) is 3.14. The zero-order valence-electron chi connectivity index (χ0n) is 9.67. The third-order valence-corrected chi connectivity index (χ3v) is 3.09.